The number of rotatable bonds is 3. The van der Waals surface area contributed by atoms with Crippen molar-refractivity contribution in [1.82, 2.24) is 4.98 Å². The monoisotopic (exact) mass is 335 g/mol. The minimum absolute atomic E-state index is 0.0487. The van der Waals surface area contributed by atoms with Crippen molar-refractivity contribution in [3.05, 3.63) is 45.9 Å². The van der Waals surface area contributed by atoms with Gasteiger partial charge >= 0.3 is 6.18 Å². The average molecular weight is 336 g/mol. The van der Waals surface area contributed by atoms with Crippen LogP contribution >= 0.6 is 23.2 Å². The van der Waals surface area contributed by atoms with E-state index in [2.05, 4.69) is 15.6 Å². The zero-order chi connectivity index (χ0) is 15.6. The van der Waals surface area contributed by atoms with Crippen LogP contribution in [-0.2, 0) is 6.18 Å². The second-order valence-corrected chi connectivity index (χ2v) is 4.94. The van der Waals surface area contributed by atoms with Crippen molar-refractivity contribution >= 4 is 40.5 Å². The number of aromatic nitrogens is 1. The van der Waals surface area contributed by atoms with Gasteiger partial charge in [-0.3, -0.25) is 0 Å². The van der Waals surface area contributed by atoms with Gasteiger partial charge in [-0.2, -0.15) is 13.2 Å². The van der Waals surface area contributed by atoms with E-state index in [1.807, 2.05) is 0 Å². The van der Waals surface area contributed by atoms with Crippen LogP contribution in [-0.4, -0.2) is 12.0 Å². The lowest BCUT2D eigenvalue weighted by atomic mass is 10.2. The molecule has 0 saturated carbocycles. The van der Waals surface area contributed by atoms with Gasteiger partial charge < -0.3 is 10.6 Å². The van der Waals surface area contributed by atoms with Crippen LogP contribution in [0.3, 0.4) is 0 Å². The first-order valence-electron chi connectivity index (χ1n) is 5.78. The molecule has 0 aliphatic heterocycles. The van der Waals surface area contributed by atoms with Crippen LogP contribution in [0.15, 0.2) is 30.3 Å². The number of nitrogens with zero attached hydrogens (tertiary/aromatic N) is 1. The predicted molar refractivity (Wildman–Crippen MR) is 78.5 cm³/mol. The van der Waals surface area contributed by atoms with Gasteiger partial charge in [0.15, 0.2) is 0 Å². The molecule has 8 heteroatoms. The summed E-state index contributed by atoms with van der Waals surface area (Å²) < 4.78 is 38.5. The van der Waals surface area contributed by atoms with Crippen molar-refractivity contribution in [1.29, 1.82) is 0 Å². The Bertz CT molecular complexity index is 660. The SMILES string of the molecule is CNc1cc(C(F)(F)F)cc(Nc2ccc(Cl)c(Cl)c2)n1. The van der Waals surface area contributed by atoms with E-state index in [1.165, 1.54) is 13.1 Å². The normalized spacial score (nSPS) is 11.3. The third-order valence-corrected chi connectivity index (χ3v) is 3.34. The molecule has 0 aliphatic carbocycles. The van der Waals surface area contributed by atoms with E-state index >= 15 is 0 Å². The topological polar surface area (TPSA) is 37.0 Å². The van der Waals surface area contributed by atoms with Crippen molar-refractivity contribution in [2.24, 2.45) is 0 Å². The maximum Gasteiger partial charge on any atom is 0.416 e. The minimum Gasteiger partial charge on any atom is -0.373 e. The zero-order valence-corrected chi connectivity index (χ0v) is 12.2. The van der Waals surface area contributed by atoms with Crippen LogP contribution in [0.2, 0.25) is 10.0 Å². The second kappa shape index (κ2) is 5.99. The van der Waals surface area contributed by atoms with Crippen LogP contribution in [0.25, 0.3) is 0 Å². The zero-order valence-electron chi connectivity index (χ0n) is 10.7. The molecular weight excluding hydrogens is 326 g/mol. The number of alkyl halides is 3. The number of pyridine rings is 1. The van der Waals surface area contributed by atoms with Gasteiger partial charge in [-0.1, -0.05) is 23.2 Å². The summed E-state index contributed by atoms with van der Waals surface area (Å²) in [5.74, 6) is 0.153. The maximum absolute atomic E-state index is 12.8. The summed E-state index contributed by atoms with van der Waals surface area (Å²) in [5.41, 5.74) is -0.317. The van der Waals surface area contributed by atoms with Gasteiger partial charge in [0.2, 0.25) is 0 Å². The highest BCUT2D eigenvalue weighted by Gasteiger charge is 2.31. The molecule has 0 saturated heterocycles. The van der Waals surface area contributed by atoms with E-state index in [9.17, 15) is 13.2 Å². The van der Waals surface area contributed by atoms with E-state index in [1.54, 1.807) is 12.1 Å². The molecule has 0 atom stereocenters. The Labute approximate surface area is 129 Å². The van der Waals surface area contributed by atoms with Gasteiger partial charge in [0, 0.05) is 12.7 Å². The molecule has 0 radical (unpaired) electrons. The number of anilines is 3. The van der Waals surface area contributed by atoms with Gasteiger partial charge in [0.1, 0.15) is 11.6 Å². The first-order valence-corrected chi connectivity index (χ1v) is 6.54. The van der Waals surface area contributed by atoms with E-state index in [-0.39, 0.29) is 11.6 Å². The van der Waals surface area contributed by atoms with Crippen molar-refractivity contribution in [2.45, 2.75) is 6.18 Å². The summed E-state index contributed by atoms with van der Waals surface area (Å²) in [4.78, 5) is 4.01. The molecule has 3 nitrogen and oxygen atoms in total. The fourth-order valence-corrected chi connectivity index (χ4v) is 1.91. The number of halogens is 5. The maximum atomic E-state index is 12.8. The Morgan fingerprint density at radius 2 is 1.67 bits per heavy atom. The molecule has 0 amide bonds. The van der Waals surface area contributed by atoms with Crippen molar-refractivity contribution < 1.29 is 13.2 Å². The van der Waals surface area contributed by atoms with Gasteiger partial charge in [0.05, 0.1) is 15.6 Å². The Hall–Kier alpha value is -1.66. The molecule has 2 rings (SSSR count). The Kier molecular flexibility index (Phi) is 4.49. The van der Waals surface area contributed by atoms with Crippen LogP contribution in [0.1, 0.15) is 5.56 Å². The fraction of sp³-hybridized carbons (Fsp3) is 0.154. The van der Waals surface area contributed by atoms with E-state index < -0.39 is 11.7 Å². The summed E-state index contributed by atoms with van der Waals surface area (Å²) in [6.45, 7) is 0. The van der Waals surface area contributed by atoms with E-state index in [4.69, 9.17) is 23.2 Å². The lowest BCUT2D eigenvalue weighted by Gasteiger charge is -2.13. The summed E-state index contributed by atoms with van der Waals surface area (Å²) in [6.07, 6.45) is -4.46. The van der Waals surface area contributed by atoms with Gasteiger partial charge in [-0.15, -0.1) is 0 Å². The predicted octanol–water partition coefficient (Wildman–Crippen LogP) is 5.19. The van der Waals surface area contributed by atoms with Crippen molar-refractivity contribution in [3.63, 3.8) is 0 Å². The number of benzene rings is 1. The molecule has 1 heterocycles. The van der Waals surface area contributed by atoms with Gasteiger partial charge in [0.25, 0.3) is 0 Å². The summed E-state index contributed by atoms with van der Waals surface area (Å²) in [5, 5.41) is 6.00. The first-order chi connectivity index (χ1) is 9.79. The average Bonchev–Trinajstić information content (AvgIpc) is 2.41. The van der Waals surface area contributed by atoms with E-state index in [0.717, 1.165) is 12.1 Å². The molecule has 1 aromatic heterocycles. The van der Waals surface area contributed by atoms with Crippen LogP contribution < -0.4 is 10.6 Å². The highest BCUT2D eigenvalue weighted by molar-refractivity contribution is 6.42. The molecule has 112 valence electrons. The third-order valence-electron chi connectivity index (χ3n) is 2.60. The smallest absolute Gasteiger partial charge is 0.373 e. The first kappa shape index (κ1) is 15.7. The summed E-state index contributed by atoms with van der Waals surface area (Å²) in [6, 6.07) is 6.49. The fourth-order valence-electron chi connectivity index (χ4n) is 1.61. The molecule has 2 N–H and O–H groups in total. The molecule has 21 heavy (non-hydrogen) atoms. The standard InChI is InChI=1S/C13H10Cl2F3N3/c1-19-11-4-7(13(16,17)18)5-12(21-11)20-8-2-3-9(14)10(15)6-8/h2-6H,1H3,(H2,19,20,21). The summed E-state index contributed by atoms with van der Waals surface area (Å²) in [7, 11) is 1.49. The minimum atomic E-state index is -4.46. The van der Waals surface area contributed by atoms with Crippen LogP contribution in [0, 0.1) is 0 Å². The molecule has 0 bridgehead atoms. The van der Waals surface area contributed by atoms with Crippen molar-refractivity contribution in [3.8, 4) is 0 Å². The second-order valence-electron chi connectivity index (χ2n) is 4.13. The lowest BCUT2D eigenvalue weighted by Crippen LogP contribution is -2.08. The summed E-state index contributed by atoms with van der Waals surface area (Å²) >= 11 is 11.6. The number of hydrogen-bond acceptors (Lipinski definition) is 3. The molecule has 0 spiro atoms. The van der Waals surface area contributed by atoms with Crippen LogP contribution in [0.5, 0.6) is 0 Å². The third kappa shape index (κ3) is 3.92. The molecule has 0 aliphatic rings. The van der Waals surface area contributed by atoms with Crippen molar-refractivity contribution in [2.75, 3.05) is 17.7 Å². The molecular formula is C13H10Cl2F3N3. The molecule has 1 aromatic carbocycles. The molecule has 2 aromatic rings. The highest BCUT2D eigenvalue weighted by Crippen LogP contribution is 2.33. The number of nitrogens with one attached hydrogen (secondary N) is 2. The quantitative estimate of drug-likeness (QED) is 0.810. The van der Waals surface area contributed by atoms with Gasteiger partial charge in [-0.05, 0) is 30.3 Å². The Morgan fingerprint density at radius 3 is 2.24 bits per heavy atom. The highest BCUT2D eigenvalue weighted by atomic mass is 35.5. The van der Waals surface area contributed by atoms with E-state index in [0.29, 0.717) is 15.7 Å². The van der Waals surface area contributed by atoms with Crippen LogP contribution in [0.4, 0.5) is 30.5 Å². The molecule has 0 fully saturated rings. The Balaban J connectivity index is 2.36. The molecule has 0 unspecified atom stereocenters. The Morgan fingerprint density at radius 1 is 1.00 bits per heavy atom. The lowest BCUT2D eigenvalue weighted by molar-refractivity contribution is -0.137. The largest absolute Gasteiger partial charge is 0.416 e. The number of hydrogen-bond donors (Lipinski definition) is 2. The van der Waals surface area contributed by atoms with Gasteiger partial charge in [-0.25, -0.2) is 4.98 Å².